The van der Waals surface area contributed by atoms with Crippen LogP contribution in [0.3, 0.4) is 0 Å². The maximum absolute atomic E-state index is 11.1. The fourth-order valence-electron chi connectivity index (χ4n) is 1.79. The Morgan fingerprint density at radius 2 is 2.25 bits per heavy atom. The van der Waals surface area contributed by atoms with Crippen LogP contribution in [0.25, 0.3) is 0 Å². The van der Waals surface area contributed by atoms with E-state index >= 15 is 0 Å². The Bertz CT molecular complexity index is 423. The van der Waals surface area contributed by atoms with Crippen molar-refractivity contribution < 1.29 is 14.3 Å². The second kappa shape index (κ2) is 4.39. The Hall–Kier alpha value is -1.77. The van der Waals surface area contributed by atoms with Gasteiger partial charge in [-0.2, -0.15) is 0 Å². The number of hydrogen-bond donors (Lipinski definition) is 0. The smallest absolute Gasteiger partial charge is 0.231 e. The predicted octanol–water partition coefficient (Wildman–Crippen LogP) is 2.66. The Labute approximate surface area is 94.7 Å². The molecule has 0 saturated carbocycles. The molecule has 16 heavy (non-hydrogen) atoms. The highest BCUT2D eigenvalue weighted by atomic mass is 16.7. The lowest BCUT2D eigenvalue weighted by Crippen LogP contribution is -2.01. The summed E-state index contributed by atoms with van der Waals surface area (Å²) in [5, 5.41) is 0. The van der Waals surface area contributed by atoms with Crippen molar-refractivity contribution in [3.63, 3.8) is 0 Å². The molecule has 0 amide bonds. The molecule has 1 aromatic rings. The lowest BCUT2D eigenvalue weighted by Gasteiger charge is -2.11. The first kappa shape index (κ1) is 10.7. The van der Waals surface area contributed by atoms with Crippen LogP contribution < -0.4 is 9.47 Å². The highest BCUT2D eigenvalue weighted by Gasteiger charge is 2.17. The number of carbonyl (C=O) groups excluding carboxylic acids is 1. The van der Waals surface area contributed by atoms with Crippen LogP contribution >= 0.6 is 0 Å². The van der Waals surface area contributed by atoms with E-state index in [1.807, 2.05) is 18.2 Å². The largest absolute Gasteiger partial charge is 0.454 e. The molecule has 1 aliphatic heterocycles. The number of ketones is 1. The first-order chi connectivity index (χ1) is 7.70. The summed E-state index contributed by atoms with van der Waals surface area (Å²) in [7, 11) is 0. The molecular formula is C13H14O3. The van der Waals surface area contributed by atoms with Gasteiger partial charge >= 0.3 is 0 Å². The van der Waals surface area contributed by atoms with Gasteiger partial charge in [-0.25, -0.2) is 0 Å². The lowest BCUT2D eigenvalue weighted by atomic mass is 9.94. The Morgan fingerprint density at radius 1 is 1.50 bits per heavy atom. The van der Waals surface area contributed by atoms with E-state index in [0.717, 1.165) is 17.1 Å². The van der Waals surface area contributed by atoms with Crippen molar-refractivity contribution >= 4 is 5.78 Å². The van der Waals surface area contributed by atoms with Crippen molar-refractivity contribution in [1.29, 1.82) is 0 Å². The number of benzene rings is 1. The molecule has 0 aromatic heterocycles. The third kappa shape index (κ3) is 2.08. The third-order valence-corrected chi connectivity index (χ3v) is 2.62. The molecule has 1 unspecified atom stereocenters. The summed E-state index contributed by atoms with van der Waals surface area (Å²) in [6.07, 6.45) is 2.27. The van der Waals surface area contributed by atoms with Crippen molar-refractivity contribution in [1.82, 2.24) is 0 Å². The first-order valence-electron chi connectivity index (χ1n) is 5.22. The fourth-order valence-corrected chi connectivity index (χ4v) is 1.79. The molecule has 1 heterocycles. The van der Waals surface area contributed by atoms with Gasteiger partial charge in [0.2, 0.25) is 6.79 Å². The molecule has 2 rings (SSSR count). The highest BCUT2D eigenvalue weighted by molar-refractivity contribution is 5.76. The molecule has 0 radical (unpaired) electrons. The van der Waals surface area contributed by atoms with Crippen LogP contribution in [0.15, 0.2) is 30.9 Å². The van der Waals surface area contributed by atoms with E-state index in [2.05, 4.69) is 6.58 Å². The molecule has 0 fully saturated rings. The summed E-state index contributed by atoms with van der Waals surface area (Å²) in [4.78, 5) is 11.1. The molecule has 0 N–H and O–H groups in total. The van der Waals surface area contributed by atoms with E-state index in [4.69, 9.17) is 9.47 Å². The van der Waals surface area contributed by atoms with Gasteiger partial charge < -0.3 is 9.47 Å². The average Bonchev–Trinajstić information content (AvgIpc) is 2.72. The minimum absolute atomic E-state index is 0.0481. The SMILES string of the molecule is C=CC(CC(C)=O)c1ccc2c(c1)OCO2. The van der Waals surface area contributed by atoms with Gasteiger partial charge in [-0.1, -0.05) is 12.1 Å². The van der Waals surface area contributed by atoms with Crippen LogP contribution in [0, 0.1) is 0 Å². The number of fused-ring (bicyclic) bond motifs is 1. The number of hydrogen-bond acceptors (Lipinski definition) is 3. The maximum atomic E-state index is 11.1. The second-order valence-corrected chi connectivity index (χ2v) is 3.86. The Morgan fingerprint density at radius 3 is 2.94 bits per heavy atom. The van der Waals surface area contributed by atoms with Gasteiger partial charge in [0.05, 0.1) is 0 Å². The first-order valence-corrected chi connectivity index (χ1v) is 5.22. The van der Waals surface area contributed by atoms with Crippen molar-refractivity contribution in [2.75, 3.05) is 6.79 Å². The van der Waals surface area contributed by atoms with Gasteiger partial charge in [-0.3, -0.25) is 4.79 Å². The zero-order valence-corrected chi connectivity index (χ0v) is 9.23. The summed E-state index contributed by atoms with van der Waals surface area (Å²) in [5.74, 6) is 1.71. The summed E-state index contributed by atoms with van der Waals surface area (Å²) >= 11 is 0. The van der Waals surface area contributed by atoms with E-state index in [1.54, 1.807) is 13.0 Å². The van der Waals surface area contributed by atoms with Crippen LogP contribution in [0.4, 0.5) is 0 Å². The molecule has 0 saturated heterocycles. The monoisotopic (exact) mass is 218 g/mol. The molecule has 84 valence electrons. The van der Waals surface area contributed by atoms with Crippen molar-refractivity contribution in [2.24, 2.45) is 0 Å². The lowest BCUT2D eigenvalue weighted by molar-refractivity contribution is -0.117. The summed E-state index contributed by atoms with van der Waals surface area (Å²) in [6, 6.07) is 5.73. The quantitative estimate of drug-likeness (QED) is 0.729. The van der Waals surface area contributed by atoms with Crippen LogP contribution in [0.2, 0.25) is 0 Å². The summed E-state index contributed by atoms with van der Waals surface area (Å²) < 4.78 is 10.5. The normalized spacial score (nSPS) is 14.6. The molecule has 1 atom stereocenters. The van der Waals surface area contributed by atoms with Gasteiger partial charge in [-0.05, 0) is 24.6 Å². The molecule has 0 spiro atoms. The van der Waals surface area contributed by atoms with E-state index < -0.39 is 0 Å². The van der Waals surface area contributed by atoms with E-state index in [0.29, 0.717) is 6.42 Å². The van der Waals surface area contributed by atoms with E-state index in [-0.39, 0.29) is 18.5 Å². The van der Waals surface area contributed by atoms with Crippen molar-refractivity contribution in [2.45, 2.75) is 19.3 Å². The molecular weight excluding hydrogens is 204 g/mol. The van der Waals surface area contributed by atoms with E-state index in [9.17, 15) is 4.79 Å². The number of ether oxygens (including phenoxy) is 2. The van der Waals surface area contributed by atoms with Gasteiger partial charge in [0.1, 0.15) is 5.78 Å². The topological polar surface area (TPSA) is 35.5 Å². The molecule has 0 aliphatic carbocycles. The number of rotatable bonds is 4. The summed E-state index contributed by atoms with van der Waals surface area (Å²) in [5.41, 5.74) is 1.04. The van der Waals surface area contributed by atoms with Crippen LogP contribution in [0.1, 0.15) is 24.8 Å². The minimum atomic E-state index is 0.0481. The highest BCUT2D eigenvalue weighted by Crippen LogP contribution is 2.35. The van der Waals surface area contributed by atoms with Gasteiger partial charge in [0.25, 0.3) is 0 Å². The molecule has 1 aromatic carbocycles. The van der Waals surface area contributed by atoms with Crippen LogP contribution in [-0.2, 0) is 4.79 Å². The maximum Gasteiger partial charge on any atom is 0.231 e. The summed E-state index contributed by atoms with van der Waals surface area (Å²) in [6.45, 7) is 5.61. The zero-order valence-electron chi connectivity index (χ0n) is 9.23. The zero-order chi connectivity index (χ0) is 11.5. The number of Topliss-reactive ketones (excluding diaryl/α,β-unsaturated/α-hetero) is 1. The van der Waals surface area contributed by atoms with Gasteiger partial charge in [0.15, 0.2) is 11.5 Å². The fraction of sp³-hybridized carbons (Fsp3) is 0.308. The average molecular weight is 218 g/mol. The predicted molar refractivity (Wildman–Crippen MR) is 60.8 cm³/mol. The van der Waals surface area contributed by atoms with Gasteiger partial charge in [-0.15, -0.1) is 6.58 Å². The van der Waals surface area contributed by atoms with E-state index in [1.165, 1.54) is 0 Å². The Balaban J connectivity index is 2.25. The molecule has 1 aliphatic rings. The van der Waals surface area contributed by atoms with Crippen molar-refractivity contribution in [3.8, 4) is 11.5 Å². The number of carbonyl (C=O) groups is 1. The molecule has 3 heteroatoms. The molecule has 0 bridgehead atoms. The minimum Gasteiger partial charge on any atom is -0.454 e. The van der Waals surface area contributed by atoms with Gasteiger partial charge in [0, 0.05) is 12.3 Å². The molecule has 3 nitrogen and oxygen atoms in total. The van der Waals surface area contributed by atoms with Crippen molar-refractivity contribution in [3.05, 3.63) is 36.4 Å². The second-order valence-electron chi connectivity index (χ2n) is 3.86. The Kier molecular flexibility index (Phi) is 2.95. The number of allylic oxidation sites excluding steroid dienone is 1. The van der Waals surface area contributed by atoms with Crippen LogP contribution in [-0.4, -0.2) is 12.6 Å². The standard InChI is InChI=1S/C13H14O3/c1-3-10(6-9(2)14)11-4-5-12-13(7-11)16-8-15-12/h3-5,7,10H,1,6,8H2,2H3. The third-order valence-electron chi connectivity index (χ3n) is 2.62. The van der Waals surface area contributed by atoms with Crippen LogP contribution in [0.5, 0.6) is 11.5 Å².